The maximum Gasteiger partial charge on any atom is 0.164 e. The predicted octanol–water partition coefficient (Wildman–Crippen LogP) is 3.16. The fourth-order valence-corrected chi connectivity index (χ4v) is 3.41. The molecular weight excluding hydrogens is 297 g/mol. The highest BCUT2D eigenvalue weighted by atomic mass is 32.1. The zero-order valence-electron chi connectivity index (χ0n) is 11.3. The number of nitrogens with zero attached hydrogens (tertiary/aromatic N) is 1. The maximum absolute atomic E-state index is 14.2. The Morgan fingerprint density at radius 1 is 1.14 bits per heavy atom. The van der Waals surface area contributed by atoms with E-state index in [1.54, 1.807) is 0 Å². The van der Waals surface area contributed by atoms with Gasteiger partial charge in [-0.05, 0) is 28.5 Å². The SMILES string of the molecule is Fc1cc(F)c(F)c([C@@H](c2ccsc2)N2CCNCC2)c1. The third-order valence-electron chi connectivity index (χ3n) is 3.69. The predicted molar refractivity (Wildman–Crippen MR) is 76.9 cm³/mol. The van der Waals surface area contributed by atoms with E-state index < -0.39 is 23.5 Å². The lowest BCUT2D eigenvalue weighted by atomic mass is 9.98. The highest BCUT2D eigenvalue weighted by Crippen LogP contribution is 2.33. The average molecular weight is 312 g/mol. The monoisotopic (exact) mass is 312 g/mol. The first kappa shape index (κ1) is 14.6. The molecule has 1 atom stereocenters. The van der Waals surface area contributed by atoms with Crippen molar-refractivity contribution >= 4 is 11.3 Å². The molecule has 0 saturated carbocycles. The van der Waals surface area contributed by atoms with Crippen LogP contribution < -0.4 is 5.32 Å². The van der Waals surface area contributed by atoms with Gasteiger partial charge in [-0.1, -0.05) is 0 Å². The topological polar surface area (TPSA) is 15.3 Å². The van der Waals surface area contributed by atoms with E-state index >= 15 is 0 Å². The van der Waals surface area contributed by atoms with Crippen LogP contribution in [0.4, 0.5) is 13.2 Å². The molecule has 2 nitrogen and oxygen atoms in total. The van der Waals surface area contributed by atoms with Gasteiger partial charge in [0.25, 0.3) is 0 Å². The van der Waals surface area contributed by atoms with Crippen molar-refractivity contribution in [3.8, 4) is 0 Å². The molecule has 1 aliphatic rings. The van der Waals surface area contributed by atoms with E-state index in [0.717, 1.165) is 24.7 Å². The summed E-state index contributed by atoms with van der Waals surface area (Å²) in [6, 6.07) is 3.10. The Hall–Kier alpha value is -1.37. The van der Waals surface area contributed by atoms with Crippen LogP contribution in [0.15, 0.2) is 29.0 Å². The smallest absolute Gasteiger partial charge is 0.164 e. The number of hydrogen-bond acceptors (Lipinski definition) is 3. The summed E-state index contributed by atoms with van der Waals surface area (Å²) < 4.78 is 41.3. The molecule has 1 N–H and O–H groups in total. The van der Waals surface area contributed by atoms with Crippen molar-refractivity contribution in [2.75, 3.05) is 26.2 Å². The quantitative estimate of drug-likeness (QED) is 0.876. The van der Waals surface area contributed by atoms with E-state index in [2.05, 4.69) is 10.2 Å². The zero-order chi connectivity index (χ0) is 14.8. The molecule has 6 heteroatoms. The van der Waals surface area contributed by atoms with Crippen molar-refractivity contribution in [3.05, 3.63) is 57.5 Å². The van der Waals surface area contributed by atoms with E-state index in [1.165, 1.54) is 11.3 Å². The summed E-state index contributed by atoms with van der Waals surface area (Å²) in [5, 5.41) is 7.01. The Kier molecular flexibility index (Phi) is 4.28. The molecule has 2 heterocycles. The second kappa shape index (κ2) is 6.17. The molecule has 1 aromatic heterocycles. The summed E-state index contributed by atoms with van der Waals surface area (Å²) in [5.74, 6) is -2.86. The van der Waals surface area contributed by atoms with Crippen molar-refractivity contribution < 1.29 is 13.2 Å². The third-order valence-corrected chi connectivity index (χ3v) is 4.39. The summed E-state index contributed by atoms with van der Waals surface area (Å²) >= 11 is 1.49. The standard InChI is InChI=1S/C15H15F3N2S/c16-11-7-12(14(18)13(17)8-11)15(10-1-6-21-9-10)20-4-2-19-3-5-20/h1,6-9,15,19H,2-5H2/t15-/m1/s1. The number of thiophene rings is 1. The summed E-state index contributed by atoms with van der Waals surface area (Å²) in [6.45, 7) is 2.97. The first-order chi connectivity index (χ1) is 10.2. The zero-order valence-corrected chi connectivity index (χ0v) is 12.1. The molecule has 2 aromatic rings. The van der Waals surface area contributed by atoms with Crippen LogP contribution >= 0.6 is 11.3 Å². The van der Waals surface area contributed by atoms with Crippen molar-refractivity contribution in [1.29, 1.82) is 0 Å². The van der Waals surface area contributed by atoms with E-state index in [-0.39, 0.29) is 5.56 Å². The van der Waals surface area contributed by atoms with Crippen LogP contribution in [-0.2, 0) is 0 Å². The van der Waals surface area contributed by atoms with Crippen LogP contribution in [0.25, 0.3) is 0 Å². The van der Waals surface area contributed by atoms with Gasteiger partial charge in [-0.25, -0.2) is 13.2 Å². The Labute approximate surface area is 125 Å². The van der Waals surface area contributed by atoms with Crippen LogP contribution in [0.2, 0.25) is 0 Å². The fraction of sp³-hybridized carbons (Fsp3) is 0.333. The summed E-state index contributed by atoms with van der Waals surface area (Å²) in [7, 11) is 0. The molecule has 1 fully saturated rings. The second-order valence-corrected chi connectivity index (χ2v) is 5.82. The number of piperazine rings is 1. The van der Waals surface area contributed by atoms with Gasteiger partial charge in [-0.3, -0.25) is 4.90 Å². The molecule has 0 unspecified atom stereocenters. The Bertz CT molecular complexity index is 610. The molecule has 3 rings (SSSR count). The third kappa shape index (κ3) is 2.97. The van der Waals surface area contributed by atoms with Gasteiger partial charge in [-0.2, -0.15) is 11.3 Å². The van der Waals surface area contributed by atoms with Crippen molar-refractivity contribution in [1.82, 2.24) is 10.2 Å². The molecule has 0 radical (unpaired) electrons. The second-order valence-electron chi connectivity index (χ2n) is 5.04. The van der Waals surface area contributed by atoms with E-state index in [4.69, 9.17) is 0 Å². The molecule has 0 spiro atoms. The van der Waals surface area contributed by atoms with Gasteiger partial charge in [0, 0.05) is 37.8 Å². The Morgan fingerprint density at radius 2 is 1.90 bits per heavy atom. The maximum atomic E-state index is 14.2. The lowest BCUT2D eigenvalue weighted by Gasteiger charge is -2.35. The van der Waals surface area contributed by atoms with Crippen molar-refractivity contribution in [3.63, 3.8) is 0 Å². The first-order valence-corrected chi connectivity index (χ1v) is 7.72. The molecule has 112 valence electrons. The summed E-state index contributed by atoms with van der Waals surface area (Å²) in [6.07, 6.45) is 0. The van der Waals surface area contributed by atoms with Gasteiger partial charge >= 0.3 is 0 Å². The highest BCUT2D eigenvalue weighted by molar-refractivity contribution is 7.08. The van der Waals surface area contributed by atoms with Crippen LogP contribution in [-0.4, -0.2) is 31.1 Å². The Balaban J connectivity index is 2.07. The minimum absolute atomic E-state index is 0.0628. The van der Waals surface area contributed by atoms with Crippen molar-refractivity contribution in [2.45, 2.75) is 6.04 Å². The first-order valence-electron chi connectivity index (χ1n) is 6.78. The van der Waals surface area contributed by atoms with Crippen LogP contribution in [0.1, 0.15) is 17.2 Å². The highest BCUT2D eigenvalue weighted by Gasteiger charge is 2.28. The largest absolute Gasteiger partial charge is 0.314 e. The average Bonchev–Trinajstić information content (AvgIpc) is 2.99. The summed E-state index contributed by atoms with van der Waals surface area (Å²) in [4.78, 5) is 2.05. The van der Waals surface area contributed by atoms with E-state index in [9.17, 15) is 13.2 Å². The Morgan fingerprint density at radius 3 is 2.57 bits per heavy atom. The van der Waals surface area contributed by atoms with Gasteiger partial charge in [0.05, 0.1) is 6.04 Å². The number of nitrogens with one attached hydrogen (secondary N) is 1. The van der Waals surface area contributed by atoms with Gasteiger partial charge in [0.15, 0.2) is 11.6 Å². The fourth-order valence-electron chi connectivity index (χ4n) is 2.73. The minimum Gasteiger partial charge on any atom is -0.314 e. The molecule has 1 aromatic carbocycles. The molecule has 21 heavy (non-hydrogen) atoms. The van der Waals surface area contributed by atoms with Crippen LogP contribution in [0, 0.1) is 17.5 Å². The van der Waals surface area contributed by atoms with Gasteiger partial charge in [-0.15, -0.1) is 0 Å². The van der Waals surface area contributed by atoms with E-state index in [1.807, 2.05) is 16.8 Å². The summed E-state index contributed by atoms with van der Waals surface area (Å²) in [5.41, 5.74) is 0.929. The lowest BCUT2D eigenvalue weighted by molar-refractivity contribution is 0.194. The van der Waals surface area contributed by atoms with Crippen molar-refractivity contribution in [2.24, 2.45) is 0 Å². The number of halogens is 3. The molecule has 0 aliphatic carbocycles. The minimum atomic E-state index is -1.14. The van der Waals surface area contributed by atoms with Gasteiger partial charge in [0.2, 0.25) is 0 Å². The van der Waals surface area contributed by atoms with Crippen LogP contribution in [0.3, 0.4) is 0 Å². The molecular formula is C15H15F3N2S. The molecule has 1 aliphatic heterocycles. The van der Waals surface area contributed by atoms with Gasteiger partial charge < -0.3 is 5.32 Å². The number of benzene rings is 1. The number of rotatable bonds is 3. The molecule has 1 saturated heterocycles. The molecule has 0 bridgehead atoms. The number of hydrogen-bond donors (Lipinski definition) is 1. The normalized spacial score (nSPS) is 17.9. The lowest BCUT2D eigenvalue weighted by Crippen LogP contribution is -2.45. The van der Waals surface area contributed by atoms with E-state index in [0.29, 0.717) is 19.2 Å². The van der Waals surface area contributed by atoms with Gasteiger partial charge in [0.1, 0.15) is 5.82 Å². The van der Waals surface area contributed by atoms with Crippen LogP contribution in [0.5, 0.6) is 0 Å². The molecule has 0 amide bonds.